The fraction of sp³-hybridized carbons (Fsp3) is 0.556. The molecule has 6 heteroatoms. The summed E-state index contributed by atoms with van der Waals surface area (Å²) in [5.74, 6) is -0.520. The van der Waals surface area contributed by atoms with Crippen LogP contribution in [0.1, 0.15) is 39.7 Å². The number of carbonyl (C=O) groups is 2. The van der Waals surface area contributed by atoms with Gasteiger partial charge in [-0.1, -0.05) is 30.3 Å². The highest BCUT2D eigenvalue weighted by molar-refractivity contribution is 5.81. The third kappa shape index (κ3) is 7.97. The van der Waals surface area contributed by atoms with E-state index in [-0.39, 0.29) is 12.7 Å². The first-order valence-electron chi connectivity index (χ1n) is 7.94. The maximum Gasteiger partial charge on any atom is 0.408 e. The van der Waals surface area contributed by atoms with Crippen LogP contribution in [0.3, 0.4) is 0 Å². The average molecular weight is 337 g/mol. The number of amides is 1. The lowest BCUT2D eigenvalue weighted by molar-refractivity contribution is -0.148. The van der Waals surface area contributed by atoms with Crippen molar-refractivity contribution in [2.45, 2.75) is 58.5 Å². The second-order valence-corrected chi connectivity index (χ2v) is 6.57. The summed E-state index contributed by atoms with van der Waals surface area (Å²) >= 11 is 0. The molecule has 0 aromatic heterocycles. The van der Waals surface area contributed by atoms with E-state index in [4.69, 9.17) is 14.2 Å². The van der Waals surface area contributed by atoms with E-state index < -0.39 is 23.7 Å². The molecule has 0 aliphatic heterocycles. The van der Waals surface area contributed by atoms with Crippen LogP contribution >= 0.6 is 0 Å². The molecule has 0 saturated carbocycles. The Morgan fingerprint density at radius 2 is 1.79 bits per heavy atom. The fourth-order valence-electron chi connectivity index (χ4n) is 1.92. The lowest BCUT2D eigenvalue weighted by atomic mass is 10.1. The van der Waals surface area contributed by atoms with Gasteiger partial charge in [-0.25, -0.2) is 9.59 Å². The van der Waals surface area contributed by atoms with Crippen LogP contribution in [0.4, 0.5) is 4.79 Å². The number of ether oxygens (including phenoxy) is 3. The number of esters is 1. The largest absolute Gasteiger partial charge is 0.459 e. The number of methoxy groups -OCH3 is 1. The van der Waals surface area contributed by atoms with Crippen molar-refractivity contribution in [2.75, 3.05) is 7.11 Å². The van der Waals surface area contributed by atoms with Crippen molar-refractivity contribution in [3.8, 4) is 0 Å². The van der Waals surface area contributed by atoms with E-state index in [2.05, 4.69) is 5.32 Å². The topological polar surface area (TPSA) is 73.9 Å². The number of rotatable bonds is 7. The molecule has 0 aliphatic rings. The molecule has 1 N–H and O–H groups in total. The van der Waals surface area contributed by atoms with Gasteiger partial charge in [0, 0.05) is 13.5 Å². The molecular weight excluding hydrogens is 310 g/mol. The van der Waals surface area contributed by atoms with Gasteiger partial charge >= 0.3 is 12.1 Å². The molecule has 1 unspecified atom stereocenters. The van der Waals surface area contributed by atoms with Crippen molar-refractivity contribution in [2.24, 2.45) is 0 Å². The van der Waals surface area contributed by atoms with Crippen LogP contribution in [0.15, 0.2) is 30.3 Å². The van der Waals surface area contributed by atoms with E-state index in [9.17, 15) is 9.59 Å². The standard InChI is InChI=1S/C18H27NO5/c1-13(22-5)11-15(19-17(21)24-18(2,3)4)16(20)23-12-14-9-7-6-8-10-14/h6-10,13,15H,11-12H2,1-5H3,(H,19,21)/t13?,15-/m0/s1. The Morgan fingerprint density at radius 3 is 2.33 bits per heavy atom. The van der Waals surface area contributed by atoms with Crippen LogP contribution in [0.25, 0.3) is 0 Å². The molecule has 0 saturated heterocycles. The SMILES string of the molecule is COC(C)C[C@H](NC(=O)OC(C)(C)C)C(=O)OCc1ccccc1. The number of benzene rings is 1. The van der Waals surface area contributed by atoms with Crippen molar-refractivity contribution in [1.82, 2.24) is 5.32 Å². The van der Waals surface area contributed by atoms with Gasteiger partial charge in [-0.2, -0.15) is 0 Å². The first-order valence-corrected chi connectivity index (χ1v) is 7.94. The summed E-state index contributed by atoms with van der Waals surface area (Å²) < 4.78 is 15.7. The molecule has 1 rings (SSSR count). The third-order valence-corrected chi connectivity index (χ3v) is 3.17. The first-order chi connectivity index (χ1) is 11.2. The number of carbonyl (C=O) groups excluding carboxylic acids is 2. The molecule has 0 radical (unpaired) electrons. The molecule has 2 atom stereocenters. The molecule has 1 aromatic carbocycles. The molecule has 0 fully saturated rings. The minimum Gasteiger partial charge on any atom is -0.459 e. The van der Waals surface area contributed by atoms with Gasteiger partial charge in [0.15, 0.2) is 0 Å². The Bertz CT molecular complexity index is 524. The number of hydrogen-bond donors (Lipinski definition) is 1. The van der Waals surface area contributed by atoms with Crippen molar-refractivity contribution in [3.05, 3.63) is 35.9 Å². The molecule has 6 nitrogen and oxygen atoms in total. The predicted octanol–water partition coefficient (Wildman–Crippen LogP) is 3.05. The summed E-state index contributed by atoms with van der Waals surface area (Å²) in [7, 11) is 1.55. The molecular formula is C18H27NO5. The Balaban J connectivity index is 2.66. The van der Waals surface area contributed by atoms with Gasteiger partial charge < -0.3 is 19.5 Å². The van der Waals surface area contributed by atoms with Gasteiger partial charge in [0.1, 0.15) is 18.2 Å². The lowest BCUT2D eigenvalue weighted by Crippen LogP contribution is -2.45. The third-order valence-electron chi connectivity index (χ3n) is 3.17. The highest BCUT2D eigenvalue weighted by Gasteiger charge is 2.27. The minimum absolute atomic E-state index is 0.146. The van der Waals surface area contributed by atoms with Gasteiger partial charge in [-0.3, -0.25) is 0 Å². The Kier molecular flexibility index (Phi) is 7.71. The first kappa shape index (κ1) is 20.0. The van der Waals surface area contributed by atoms with Crippen LogP contribution in [-0.4, -0.2) is 36.9 Å². The monoisotopic (exact) mass is 337 g/mol. The van der Waals surface area contributed by atoms with Crippen molar-refractivity contribution < 1.29 is 23.8 Å². The smallest absolute Gasteiger partial charge is 0.408 e. The van der Waals surface area contributed by atoms with Gasteiger partial charge in [-0.05, 0) is 33.3 Å². The zero-order chi connectivity index (χ0) is 18.2. The highest BCUT2D eigenvalue weighted by atomic mass is 16.6. The fourth-order valence-corrected chi connectivity index (χ4v) is 1.92. The molecule has 1 aromatic rings. The van der Waals surface area contributed by atoms with Crippen LogP contribution < -0.4 is 5.32 Å². The Morgan fingerprint density at radius 1 is 1.17 bits per heavy atom. The summed E-state index contributed by atoms with van der Waals surface area (Å²) in [5.41, 5.74) is 0.233. The summed E-state index contributed by atoms with van der Waals surface area (Å²) in [4.78, 5) is 24.3. The predicted molar refractivity (Wildman–Crippen MR) is 90.5 cm³/mol. The molecule has 1 amide bonds. The van der Waals surface area contributed by atoms with E-state index >= 15 is 0 Å². The van der Waals surface area contributed by atoms with Gasteiger partial charge in [0.05, 0.1) is 6.10 Å². The second-order valence-electron chi connectivity index (χ2n) is 6.57. The normalized spacial score (nSPS) is 13.7. The van der Waals surface area contributed by atoms with E-state index in [0.717, 1.165) is 5.56 Å². The molecule has 0 spiro atoms. The van der Waals surface area contributed by atoms with E-state index in [0.29, 0.717) is 6.42 Å². The number of alkyl carbamates (subject to hydrolysis) is 1. The maximum absolute atomic E-state index is 12.3. The molecule has 134 valence electrons. The molecule has 0 heterocycles. The summed E-state index contributed by atoms with van der Waals surface area (Å²) in [5, 5.41) is 2.56. The van der Waals surface area contributed by atoms with Gasteiger partial charge in [-0.15, -0.1) is 0 Å². The van der Waals surface area contributed by atoms with E-state index in [1.807, 2.05) is 37.3 Å². The van der Waals surface area contributed by atoms with Crippen molar-refractivity contribution >= 4 is 12.1 Å². The molecule has 0 bridgehead atoms. The van der Waals surface area contributed by atoms with Crippen LogP contribution in [0, 0.1) is 0 Å². The van der Waals surface area contributed by atoms with Crippen LogP contribution in [-0.2, 0) is 25.6 Å². The quantitative estimate of drug-likeness (QED) is 0.774. The zero-order valence-corrected chi connectivity index (χ0v) is 15.0. The van der Waals surface area contributed by atoms with Crippen LogP contribution in [0.2, 0.25) is 0 Å². The van der Waals surface area contributed by atoms with Crippen molar-refractivity contribution in [1.29, 1.82) is 0 Å². The number of hydrogen-bond acceptors (Lipinski definition) is 5. The van der Waals surface area contributed by atoms with Crippen molar-refractivity contribution in [3.63, 3.8) is 0 Å². The zero-order valence-electron chi connectivity index (χ0n) is 15.0. The second kappa shape index (κ2) is 9.27. The van der Waals surface area contributed by atoms with E-state index in [1.54, 1.807) is 27.9 Å². The molecule has 0 aliphatic carbocycles. The summed E-state index contributed by atoms with van der Waals surface area (Å²) in [6, 6.07) is 8.51. The lowest BCUT2D eigenvalue weighted by Gasteiger charge is -2.24. The minimum atomic E-state index is -0.835. The number of nitrogens with one attached hydrogen (secondary N) is 1. The molecule has 24 heavy (non-hydrogen) atoms. The maximum atomic E-state index is 12.3. The summed E-state index contributed by atoms with van der Waals surface area (Å²) in [6.07, 6.45) is -0.578. The van der Waals surface area contributed by atoms with Crippen LogP contribution in [0.5, 0.6) is 0 Å². The van der Waals surface area contributed by atoms with Gasteiger partial charge in [0.25, 0.3) is 0 Å². The Labute approximate surface area is 143 Å². The van der Waals surface area contributed by atoms with Gasteiger partial charge in [0.2, 0.25) is 0 Å². The highest BCUT2D eigenvalue weighted by Crippen LogP contribution is 2.10. The average Bonchev–Trinajstić information content (AvgIpc) is 2.51. The summed E-state index contributed by atoms with van der Waals surface area (Å²) in [6.45, 7) is 7.23. The Hall–Kier alpha value is -2.08. The van der Waals surface area contributed by atoms with E-state index in [1.165, 1.54) is 0 Å².